The molecule has 0 unspecified atom stereocenters. The van der Waals surface area contributed by atoms with Gasteiger partial charge in [-0.05, 0) is 0 Å². The van der Waals surface area contributed by atoms with E-state index < -0.39 is 17.9 Å². The van der Waals surface area contributed by atoms with Gasteiger partial charge in [-0.3, -0.25) is 0 Å². The number of rotatable bonds is 7. The second kappa shape index (κ2) is 6.84. The van der Waals surface area contributed by atoms with Gasteiger partial charge in [0.1, 0.15) is 12.9 Å². The van der Waals surface area contributed by atoms with E-state index in [2.05, 4.69) is 6.58 Å². The molecule has 1 saturated heterocycles. The van der Waals surface area contributed by atoms with Gasteiger partial charge in [0.15, 0.2) is 11.9 Å². The fourth-order valence-electron chi connectivity index (χ4n) is 2.03. The predicted octanol–water partition coefficient (Wildman–Crippen LogP) is 0.856. The van der Waals surface area contributed by atoms with Gasteiger partial charge < -0.3 is 23.7 Å². The van der Waals surface area contributed by atoms with Gasteiger partial charge in [0.25, 0.3) is 0 Å². The van der Waals surface area contributed by atoms with Crippen LogP contribution in [0.3, 0.4) is 0 Å². The van der Waals surface area contributed by atoms with Gasteiger partial charge in [0.2, 0.25) is 0 Å². The molecule has 0 saturated carbocycles. The number of ether oxygens (including phenoxy) is 5. The van der Waals surface area contributed by atoms with E-state index in [1.54, 1.807) is 6.08 Å². The van der Waals surface area contributed by atoms with Crippen molar-refractivity contribution in [2.24, 2.45) is 0 Å². The minimum atomic E-state index is -1.09. The molecule has 0 N–H and O–H groups in total. The Morgan fingerprint density at radius 3 is 2.72 bits per heavy atom. The fourth-order valence-corrected chi connectivity index (χ4v) is 2.03. The molecular formula is C12H20O6. The summed E-state index contributed by atoms with van der Waals surface area (Å²) in [6.07, 6.45) is 1.29. The molecule has 18 heavy (non-hydrogen) atoms. The quantitative estimate of drug-likeness (QED) is 0.384. The molecule has 1 heterocycles. The van der Waals surface area contributed by atoms with Crippen LogP contribution in [0.2, 0.25) is 0 Å². The Balaban J connectivity index is 2.81. The molecule has 0 bridgehead atoms. The van der Waals surface area contributed by atoms with Gasteiger partial charge >= 0.3 is 5.97 Å². The van der Waals surface area contributed by atoms with Crippen LogP contribution in [0.5, 0.6) is 0 Å². The molecule has 0 spiro atoms. The first-order chi connectivity index (χ1) is 8.63. The summed E-state index contributed by atoms with van der Waals surface area (Å²) in [7, 11) is 4.34. The summed E-state index contributed by atoms with van der Waals surface area (Å²) >= 11 is 0. The molecule has 0 aromatic rings. The molecule has 0 aromatic heterocycles. The number of carbonyl (C=O) groups is 1. The van der Waals surface area contributed by atoms with Gasteiger partial charge in [0.05, 0.1) is 7.11 Å². The van der Waals surface area contributed by atoms with E-state index in [9.17, 15) is 4.79 Å². The van der Waals surface area contributed by atoms with Crippen LogP contribution in [0, 0.1) is 0 Å². The van der Waals surface area contributed by atoms with E-state index in [-0.39, 0.29) is 12.9 Å². The first-order valence-electron chi connectivity index (χ1n) is 5.64. The van der Waals surface area contributed by atoms with Crippen molar-refractivity contribution >= 4 is 5.97 Å². The Labute approximate surface area is 107 Å². The summed E-state index contributed by atoms with van der Waals surface area (Å²) in [6.45, 7) is 3.74. The van der Waals surface area contributed by atoms with Gasteiger partial charge in [-0.1, -0.05) is 6.08 Å². The minimum Gasteiger partial charge on any atom is -0.467 e. The van der Waals surface area contributed by atoms with Crippen molar-refractivity contribution in [2.75, 3.05) is 28.1 Å². The van der Waals surface area contributed by atoms with Crippen LogP contribution in [0.4, 0.5) is 0 Å². The summed E-state index contributed by atoms with van der Waals surface area (Å²) in [4.78, 5) is 11.9. The maximum atomic E-state index is 11.9. The standard InChI is InChI=1S/C12H20O6/c1-5-6-12(11(13)16-4)7-9(17-8-14-2)10(15-3)18-12/h5,9-10H,1,6-8H2,2-4H3/t9-,10+,12+/m0/s1. The molecule has 1 fully saturated rings. The average Bonchev–Trinajstić information content (AvgIpc) is 2.75. The molecule has 6 heteroatoms. The lowest BCUT2D eigenvalue weighted by Gasteiger charge is -2.24. The lowest BCUT2D eigenvalue weighted by atomic mass is 9.95. The molecular weight excluding hydrogens is 240 g/mol. The van der Waals surface area contributed by atoms with Crippen molar-refractivity contribution in [3.8, 4) is 0 Å². The Bertz CT molecular complexity index is 292. The molecule has 1 aliphatic heterocycles. The van der Waals surface area contributed by atoms with E-state index in [1.165, 1.54) is 21.3 Å². The highest BCUT2D eigenvalue weighted by molar-refractivity contribution is 5.80. The number of hydrogen-bond acceptors (Lipinski definition) is 6. The maximum absolute atomic E-state index is 11.9. The molecule has 0 aliphatic carbocycles. The van der Waals surface area contributed by atoms with Crippen LogP contribution < -0.4 is 0 Å². The zero-order valence-electron chi connectivity index (χ0n) is 11.0. The summed E-state index contributed by atoms with van der Waals surface area (Å²) in [5.74, 6) is -0.451. The van der Waals surface area contributed by atoms with Crippen molar-refractivity contribution < 1.29 is 28.5 Å². The summed E-state index contributed by atoms with van der Waals surface area (Å²) < 4.78 is 25.9. The maximum Gasteiger partial charge on any atom is 0.338 e. The van der Waals surface area contributed by atoms with Crippen LogP contribution in [0.1, 0.15) is 12.8 Å². The predicted molar refractivity (Wildman–Crippen MR) is 62.8 cm³/mol. The van der Waals surface area contributed by atoms with Crippen molar-refractivity contribution in [3.63, 3.8) is 0 Å². The largest absolute Gasteiger partial charge is 0.467 e. The Morgan fingerprint density at radius 2 is 2.22 bits per heavy atom. The van der Waals surface area contributed by atoms with Crippen LogP contribution >= 0.6 is 0 Å². The highest BCUT2D eigenvalue weighted by Crippen LogP contribution is 2.37. The van der Waals surface area contributed by atoms with E-state index in [1.807, 2.05) is 0 Å². The van der Waals surface area contributed by atoms with Crippen LogP contribution in [0.25, 0.3) is 0 Å². The van der Waals surface area contributed by atoms with Crippen LogP contribution in [0.15, 0.2) is 12.7 Å². The third kappa shape index (κ3) is 3.08. The van der Waals surface area contributed by atoms with Crippen molar-refractivity contribution in [2.45, 2.75) is 30.8 Å². The summed E-state index contributed by atoms with van der Waals surface area (Å²) in [5, 5.41) is 0. The fraction of sp³-hybridized carbons (Fsp3) is 0.750. The first-order valence-corrected chi connectivity index (χ1v) is 5.64. The number of hydrogen-bond donors (Lipinski definition) is 0. The Kier molecular flexibility index (Phi) is 5.74. The van der Waals surface area contributed by atoms with Crippen molar-refractivity contribution in [1.82, 2.24) is 0 Å². The van der Waals surface area contributed by atoms with Crippen LogP contribution in [-0.2, 0) is 28.5 Å². The highest BCUT2D eigenvalue weighted by Gasteiger charge is 2.52. The first kappa shape index (κ1) is 15.1. The monoisotopic (exact) mass is 260 g/mol. The topological polar surface area (TPSA) is 63.2 Å². The smallest absolute Gasteiger partial charge is 0.338 e. The molecule has 1 aliphatic rings. The summed E-state index contributed by atoms with van der Waals surface area (Å²) in [6, 6.07) is 0. The van der Waals surface area contributed by atoms with E-state index in [4.69, 9.17) is 23.7 Å². The molecule has 0 aromatic carbocycles. The van der Waals surface area contributed by atoms with E-state index in [0.717, 1.165) is 0 Å². The Hall–Kier alpha value is -0.950. The molecule has 1 rings (SSSR count). The van der Waals surface area contributed by atoms with E-state index >= 15 is 0 Å². The van der Waals surface area contributed by atoms with Gasteiger partial charge in [0, 0.05) is 27.1 Å². The van der Waals surface area contributed by atoms with Gasteiger partial charge in [-0.2, -0.15) is 0 Å². The lowest BCUT2D eigenvalue weighted by Crippen LogP contribution is -2.39. The second-order valence-electron chi connectivity index (χ2n) is 4.02. The molecule has 104 valence electrons. The van der Waals surface area contributed by atoms with Crippen molar-refractivity contribution in [1.29, 1.82) is 0 Å². The van der Waals surface area contributed by atoms with Gasteiger partial charge in [-0.15, -0.1) is 6.58 Å². The molecule has 6 nitrogen and oxygen atoms in total. The molecule has 0 radical (unpaired) electrons. The van der Waals surface area contributed by atoms with Crippen LogP contribution in [-0.4, -0.2) is 52.1 Å². The number of esters is 1. The third-order valence-corrected chi connectivity index (χ3v) is 2.84. The minimum absolute atomic E-state index is 0.110. The second-order valence-corrected chi connectivity index (χ2v) is 4.02. The SMILES string of the molecule is C=CC[C@]1(C(=O)OC)C[C@H](OCOC)[C@H](OC)O1. The number of methoxy groups -OCH3 is 3. The lowest BCUT2D eigenvalue weighted by molar-refractivity contribution is -0.207. The summed E-state index contributed by atoms with van der Waals surface area (Å²) in [5.41, 5.74) is -1.09. The average molecular weight is 260 g/mol. The van der Waals surface area contributed by atoms with E-state index in [0.29, 0.717) is 12.8 Å². The third-order valence-electron chi connectivity index (χ3n) is 2.84. The van der Waals surface area contributed by atoms with Gasteiger partial charge in [-0.25, -0.2) is 4.79 Å². The Morgan fingerprint density at radius 1 is 1.50 bits per heavy atom. The normalized spacial score (nSPS) is 31.3. The zero-order valence-corrected chi connectivity index (χ0v) is 11.0. The number of carbonyl (C=O) groups excluding carboxylic acids is 1. The zero-order chi connectivity index (χ0) is 13.6. The molecule has 0 amide bonds. The highest BCUT2D eigenvalue weighted by atomic mass is 16.7. The molecule has 3 atom stereocenters. The van der Waals surface area contributed by atoms with Crippen molar-refractivity contribution in [3.05, 3.63) is 12.7 Å².